The van der Waals surface area contributed by atoms with E-state index < -0.39 is 18.1 Å². The maximum Gasteiger partial charge on any atom is 0.164 e. The first kappa shape index (κ1) is 25.2. The highest BCUT2D eigenvalue weighted by atomic mass is 16.3. The number of fused-ring (bicyclic) bond motifs is 10. The molecule has 3 aromatic heterocycles. The normalized spacial score (nSPS) is 14.6. The molecule has 3 heterocycles. The molecule has 7 aromatic carbocycles. The molecule has 53 heavy (non-hydrogen) atoms. The Balaban J connectivity index is 1.15. The summed E-state index contributed by atoms with van der Waals surface area (Å²) in [7, 11) is 0. The Morgan fingerprint density at radius 2 is 1.26 bits per heavy atom. The lowest BCUT2D eigenvalue weighted by molar-refractivity contribution is 0.660. The third-order valence-electron chi connectivity index (χ3n) is 10.7. The van der Waals surface area contributed by atoms with Gasteiger partial charge in [-0.25, -0.2) is 15.0 Å². The van der Waals surface area contributed by atoms with Gasteiger partial charge in [0.15, 0.2) is 23.1 Å². The van der Waals surface area contributed by atoms with Crippen molar-refractivity contribution in [2.24, 2.45) is 0 Å². The molecule has 0 fully saturated rings. The maximum atomic E-state index is 8.68. The lowest BCUT2D eigenvalue weighted by Crippen LogP contribution is -2.14. The monoisotopic (exact) mass is 685 g/mol. The smallest absolute Gasteiger partial charge is 0.164 e. The second-order valence-electron chi connectivity index (χ2n) is 14.0. The molecular formula is C48H32N4O. The van der Waals surface area contributed by atoms with Crippen molar-refractivity contribution in [2.75, 3.05) is 0 Å². The van der Waals surface area contributed by atoms with Gasteiger partial charge in [-0.15, -0.1) is 0 Å². The second-order valence-corrected chi connectivity index (χ2v) is 14.0. The molecule has 11 rings (SSSR count). The summed E-state index contributed by atoms with van der Waals surface area (Å²) in [5, 5.41) is 4.22. The van der Waals surface area contributed by atoms with Crippen molar-refractivity contribution in [3.63, 3.8) is 0 Å². The van der Waals surface area contributed by atoms with Gasteiger partial charge in [-0.3, -0.25) is 0 Å². The average Bonchev–Trinajstić information content (AvgIpc) is 3.88. The van der Waals surface area contributed by atoms with Crippen LogP contribution in [0.5, 0.6) is 0 Å². The van der Waals surface area contributed by atoms with E-state index >= 15 is 0 Å². The minimum Gasteiger partial charge on any atom is -0.454 e. The van der Waals surface area contributed by atoms with Gasteiger partial charge in [-0.2, -0.15) is 0 Å². The van der Waals surface area contributed by atoms with Crippen LogP contribution in [0.2, 0.25) is 0 Å². The van der Waals surface area contributed by atoms with Gasteiger partial charge in [0, 0.05) is 49.2 Å². The highest BCUT2D eigenvalue weighted by Gasteiger charge is 2.37. The first-order valence-corrected chi connectivity index (χ1v) is 17.6. The van der Waals surface area contributed by atoms with Gasteiger partial charge in [0.05, 0.1) is 23.6 Å². The minimum absolute atomic E-state index is 0.0171. The molecule has 0 saturated heterocycles. The number of hydrogen-bond donors (Lipinski definition) is 0. The van der Waals surface area contributed by atoms with Crippen LogP contribution in [0.4, 0.5) is 0 Å². The van der Waals surface area contributed by atoms with Crippen LogP contribution in [0.15, 0.2) is 162 Å². The van der Waals surface area contributed by atoms with Gasteiger partial charge >= 0.3 is 0 Å². The summed E-state index contributed by atoms with van der Waals surface area (Å²) >= 11 is 0. The maximum absolute atomic E-state index is 8.68. The predicted molar refractivity (Wildman–Crippen MR) is 215 cm³/mol. The molecule has 5 nitrogen and oxygen atoms in total. The van der Waals surface area contributed by atoms with Crippen molar-refractivity contribution in [1.82, 2.24) is 19.5 Å². The zero-order chi connectivity index (χ0) is 39.6. The lowest BCUT2D eigenvalue weighted by Gasteiger charge is -2.21. The van der Waals surface area contributed by atoms with Crippen LogP contribution < -0.4 is 0 Å². The second kappa shape index (κ2) is 11.1. The van der Waals surface area contributed by atoms with Crippen molar-refractivity contribution in [3.8, 4) is 51.0 Å². The number of benzene rings is 7. The number of furan rings is 1. The highest BCUT2D eigenvalue weighted by molar-refractivity contribution is 6.17. The van der Waals surface area contributed by atoms with Gasteiger partial charge in [0.25, 0.3) is 0 Å². The Kier molecular flexibility index (Phi) is 5.26. The van der Waals surface area contributed by atoms with Crippen LogP contribution in [-0.2, 0) is 5.41 Å². The van der Waals surface area contributed by atoms with Crippen LogP contribution in [0.25, 0.3) is 94.7 Å². The first-order chi connectivity index (χ1) is 28.1. The number of aromatic nitrogens is 4. The van der Waals surface area contributed by atoms with Crippen molar-refractivity contribution in [2.45, 2.75) is 19.3 Å². The van der Waals surface area contributed by atoms with E-state index in [2.05, 4.69) is 102 Å². The van der Waals surface area contributed by atoms with Gasteiger partial charge in [0.2, 0.25) is 0 Å². The predicted octanol–water partition coefficient (Wildman–Crippen LogP) is 12.2. The third kappa shape index (κ3) is 4.34. The van der Waals surface area contributed by atoms with Crippen molar-refractivity contribution in [3.05, 3.63) is 169 Å². The minimum atomic E-state index is -0.482. The number of hydrogen-bond acceptors (Lipinski definition) is 4. The van der Waals surface area contributed by atoms with Crippen LogP contribution in [0, 0.1) is 0 Å². The standard InChI is InChI=1S/C48H32N4O/c1-48(2)37-21-11-9-19-36(37)42-38(48)27-26-34-32-18-10-12-22-39(32)52(43(34)42)40-23-13-20-35-33-25-24-31(28-41(33)53-44(35)40)47-50-45(29-14-5-3-6-15-29)49-46(51-47)30-16-7-4-8-17-30/h3-28H,1-2H3/i3D,5D,6D,14D,15D. The number of rotatable bonds is 4. The zero-order valence-corrected chi connectivity index (χ0v) is 28.8. The molecule has 0 bridgehead atoms. The molecule has 0 spiro atoms. The SMILES string of the molecule is [2H]c1c([2H])c([2H])c(-c2nc(-c3ccccc3)nc(-c3ccc4c(c3)oc3c(-n5c6ccccc6c6ccc7c(c65)-c5ccccc5C7(C)C)cccc34)n2)c([2H])c1[2H]. The van der Waals surface area contributed by atoms with E-state index in [1.807, 2.05) is 48.5 Å². The highest BCUT2D eigenvalue weighted by Crippen LogP contribution is 2.53. The molecule has 0 unspecified atom stereocenters. The molecule has 0 radical (unpaired) electrons. The van der Waals surface area contributed by atoms with Crippen LogP contribution in [0.3, 0.4) is 0 Å². The third-order valence-corrected chi connectivity index (χ3v) is 10.7. The summed E-state index contributed by atoms with van der Waals surface area (Å²) < 4.78 is 51.4. The summed E-state index contributed by atoms with van der Waals surface area (Å²) in [5.74, 6) is 0.567. The molecule has 0 atom stereocenters. The van der Waals surface area contributed by atoms with Crippen LogP contribution in [0.1, 0.15) is 31.8 Å². The fourth-order valence-corrected chi connectivity index (χ4v) is 8.29. The Morgan fingerprint density at radius 3 is 2.11 bits per heavy atom. The Bertz CT molecular complexity index is 3360. The fourth-order valence-electron chi connectivity index (χ4n) is 8.29. The molecule has 1 aliphatic rings. The zero-order valence-electron chi connectivity index (χ0n) is 33.8. The number of para-hydroxylation sites is 2. The summed E-state index contributed by atoms with van der Waals surface area (Å²) in [5.41, 5.74) is 10.7. The summed E-state index contributed by atoms with van der Waals surface area (Å²) in [6.45, 7) is 4.60. The Labute approximate surface area is 312 Å². The van der Waals surface area contributed by atoms with E-state index in [-0.39, 0.29) is 34.7 Å². The van der Waals surface area contributed by atoms with E-state index in [1.165, 1.54) is 27.6 Å². The van der Waals surface area contributed by atoms with Crippen molar-refractivity contribution in [1.29, 1.82) is 0 Å². The lowest BCUT2D eigenvalue weighted by atomic mass is 9.82. The van der Waals surface area contributed by atoms with Gasteiger partial charge < -0.3 is 8.98 Å². The molecule has 0 aliphatic heterocycles. The average molecular weight is 686 g/mol. The fraction of sp³-hybridized carbons (Fsp3) is 0.0625. The van der Waals surface area contributed by atoms with Gasteiger partial charge in [0.1, 0.15) is 5.58 Å². The quantitative estimate of drug-likeness (QED) is 0.185. The summed E-state index contributed by atoms with van der Waals surface area (Å²) in [4.78, 5) is 14.2. The molecule has 0 amide bonds. The Hall–Kier alpha value is -6.85. The topological polar surface area (TPSA) is 56.7 Å². The summed E-state index contributed by atoms with van der Waals surface area (Å²) in [6.07, 6.45) is 0. The van der Waals surface area contributed by atoms with Crippen LogP contribution >= 0.6 is 0 Å². The first-order valence-electron chi connectivity index (χ1n) is 20.1. The molecule has 250 valence electrons. The molecule has 5 heteroatoms. The largest absolute Gasteiger partial charge is 0.454 e. The van der Waals surface area contributed by atoms with E-state index in [4.69, 9.17) is 21.2 Å². The van der Waals surface area contributed by atoms with Crippen molar-refractivity contribution >= 4 is 43.7 Å². The molecule has 1 aliphatic carbocycles. The molecule has 0 N–H and O–H groups in total. The molecule has 10 aromatic rings. The van der Waals surface area contributed by atoms with E-state index in [0.717, 1.165) is 38.5 Å². The van der Waals surface area contributed by atoms with E-state index in [9.17, 15) is 0 Å². The summed E-state index contributed by atoms with van der Waals surface area (Å²) in [6, 6.07) is 41.1. The van der Waals surface area contributed by atoms with Gasteiger partial charge in [-0.1, -0.05) is 147 Å². The van der Waals surface area contributed by atoms with E-state index in [0.29, 0.717) is 22.5 Å². The Morgan fingerprint density at radius 1 is 0.566 bits per heavy atom. The van der Waals surface area contributed by atoms with E-state index in [1.54, 1.807) is 0 Å². The van der Waals surface area contributed by atoms with Crippen molar-refractivity contribution < 1.29 is 11.3 Å². The van der Waals surface area contributed by atoms with Gasteiger partial charge in [-0.05, 0) is 41.0 Å². The van der Waals surface area contributed by atoms with Crippen LogP contribution in [-0.4, -0.2) is 19.5 Å². The molecule has 0 saturated carbocycles. The molecular weight excluding hydrogens is 649 g/mol. The number of nitrogens with zero attached hydrogens (tertiary/aromatic N) is 4.